The lowest BCUT2D eigenvalue weighted by Gasteiger charge is -2.12. The van der Waals surface area contributed by atoms with Gasteiger partial charge in [0.2, 0.25) is 0 Å². The lowest BCUT2D eigenvalue weighted by Crippen LogP contribution is -1.94. The molecule has 20 heavy (non-hydrogen) atoms. The predicted molar refractivity (Wildman–Crippen MR) is 81.3 cm³/mol. The van der Waals surface area contributed by atoms with Gasteiger partial charge >= 0.3 is 0 Å². The fourth-order valence-electron chi connectivity index (χ4n) is 2.42. The minimum atomic E-state index is 0.418. The highest BCUT2D eigenvalue weighted by molar-refractivity contribution is 5.65. The molecule has 0 unspecified atom stereocenters. The maximum Gasteiger partial charge on any atom is 0.137 e. The second-order valence-corrected chi connectivity index (χ2v) is 5.20. The lowest BCUT2D eigenvalue weighted by atomic mass is 9.98. The van der Waals surface area contributed by atoms with Crippen LogP contribution in [0.5, 0.6) is 5.75 Å². The van der Waals surface area contributed by atoms with Crippen molar-refractivity contribution in [2.24, 2.45) is 0 Å². The standard InChI is InChI=1S/C17H18N2O/c1-12(2)14-10-13(7-8-16(14)20-3)15-11-19-9-5-4-6-17(19)18-15/h4-12H,1-3H3. The largest absolute Gasteiger partial charge is 0.496 e. The first-order chi connectivity index (χ1) is 9.69. The van der Waals surface area contributed by atoms with Gasteiger partial charge in [-0.3, -0.25) is 0 Å². The minimum Gasteiger partial charge on any atom is -0.496 e. The minimum absolute atomic E-state index is 0.418. The van der Waals surface area contributed by atoms with Gasteiger partial charge in [0.05, 0.1) is 12.8 Å². The number of nitrogens with zero attached hydrogens (tertiary/aromatic N) is 2. The van der Waals surface area contributed by atoms with Crippen molar-refractivity contribution in [2.45, 2.75) is 19.8 Å². The van der Waals surface area contributed by atoms with Gasteiger partial charge < -0.3 is 9.14 Å². The fourth-order valence-corrected chi connectivity index (χ4v) is 2.42. The summed E-state index contributed by atoms with van der Waals surface area (Å²) in [5.74, 6) is 1.36. The smallest absolute Gasteiger partial charge is 0.137 e. The predicted octanol–water partition coefficient (Wildman–Crippen LogP) is 4.13. The van der Waals surface area contributed by atoms with Gasteiger partial charge in [0.1, 0.15) is 11.4 Å². The number of hydrogen-bond acceptors (Lipinski definition) is 2. The van der Waals surface area contributed by atoms with Gasteiger partial charge in [0.25, 0.3) is 0 Å². The molecule has 0 radical (unpaired) electrons. The van der Waals surface area contributed by atoms with Crippen LogP contribution in [-0.2, 0) is 0 Å². The van der Waals surface area contributed by atoms with Crippen molar-refractivity contribution >= 4 is 5.65 Å². The van der Waals surface area contributed by atoms with Crippen LogP contribution < -0.4 is 4.74 Å². The molecule has 0 saturated carbocycles. The monoisotopic (exact) mass is 266 g/mol. The number of aromatic nitrogens is 2. The number of pyridine rings is 1. The summed E-state index contributed by atoms with van der Waals surface area (Å²) in [6.45, 7) is 4.34. The zero-order valence-electron chi connectivity index (χ0n) is 12.0. The van der Waals surface area contributed by atoms with Crippen molar-refractivity contribution in [2.75, 3.05) is 7.11 Å². The molecule has 2 heterocycles. The van der Waals surface area contributed by atoms with Gasteiger partial charge in [-0.25, -0.2) is 4.98 Å². The average molecular weight is 266 g/mol. The first kappa shape index (κ1) is 12.7. The molecular formula is C17H18N2O. The Bertz CT molecular complexity index is 711. The van der Waals surface area contributed by atoms with Crippen molar-refractivity contribution in [1.82, 2.24) is 9.38 Å². The summed E-state index contributed by atoms with van der Waals surface area (Å²) in [6.07, 6.45) is 4.07. The Morgan fingerprint density at radius 1 is 1.15 bits per heavy atom. The van der Waals surface area contributed by atoms with Gasteiger partial charge in [-0.2, -0.15) is 0 Å². The van der Waals surface area contributed by atoms with Crippen molar-refractivity contribution in [3.05, 3.63) is 54.4 Å². The maximum atomic E-state index is 5.43. The van der Waals surface area contributed by atoms with Crippen LogP contribution in [0.15, 0.2) is 48.8 Å². The second kappa shape index (κ2) is 5.00. The van der Waals surface area contributed by atoms with E-state index in [4.69, 9.17) is 4.74 Å². The van der Waals surface area contributed by atoms with E-state index in [1.54, 1.807) is 7.11 Å². The summed E-state index contributed by atoms with van der Waals surface area (Å²) in [5, 5.41) is 0. The van der Waals surface area contributed by atoms with Crippen molar-refractivity contribution in [1.29, 1.82) is 0 Å². The summed E-state index contributed by atoms with van der Waals surface area (Å²) >= 11 is 0. The van der Waals surface area contributed by atoms with Gasteiger partial charge in [-0.05, 0) is 41.8 Å². The Morgan fingerprint density at radius 3 is 2.70 bits per heavy atom. The number of fused-ring (bicyclic) bond motifs is 1. The van der Waals surface area contributed by atoms with Crippen LogP contribution in [0.25, 0.3) is 16.9 Å². The van der Waals surface area contributed by atoms with Crippen LogP contribution in [0, 0.1) is 0 Å². The van der Waals surface area contributed by atoms with E-state index in [0.29, 0.717) is 5.92 Å². The second-order valence-electron chi connectivity index (χ2n) is 5.20. The van der Waals surface area contributed by atoms with Crippen LogP contribution in [0.1, 0.15) is 25.3 Å². The van der Waals surface area contributed by atoms with Crippen LogP contribution in [0.3, 0.4) is 0 Å². The number of hydrogen-bond donors (Lipinski definition) is 0. The molecule has 1 aromatic carbocycles. The highest BCUT2D eigenvalue weighted by atomic mass is 16.5. The quantitative estimate of drug-likeness (QED) is 0.712. The van der Waals surface area contributed by atoms with Gasteiger partial charge in [-0.15, -0.1) is 0 Å². The molecule has 0 bridgehead atoms. The molecule has 3 aromatic rings. The molecule has 0 fully saturated rings. The third kappa shape index (κ3) is 2.16. The third-order valence-corrected chi connectivity index (χ3v) is 3.51. The van der Waals surface area contributed by atoms with E-state index < -0.39 is 0 Å². The summed E-state index contributed by atoms with van der Waals surface area (Å²) in [7, 11) is 1.71. The molecule has 0 atom stereocenters. The normalized spacial score (nSPS) is 11.2. The van der Waals surface area contributed by atoms with E-state index in [2.05, 4.69) is 37.2 Å². The SMILES string of the molecule is COc1ccc(-c2cn3ccccc3n2)cc1C(C)C. The van der Waals surface area contributed by atoms with Crippen LogP contribution in [0.2, 0.25) is 0 Å². The molecule has 0 amide bonds. The summed E-state index contributed by atoms with van der Waals surface area (Å²) < 4.78 is 7.47. The van der Waals surface area contributed by atoms with Crippen LogP contribution >= 0.6 is 0 Å². The van der Waals surface area contributed by atoms with E-state index in [0.717, 1.165) is 22.7 Å². The number of imidazole rings is 1. The Hall–Kier alpha value is -2.29. The van der Waals surface area contributed by atoms with Gasteiger partial charge in [-0.1, -0.05) is 19.9 Å². The number of rotatable bonds is 3. The van der Waals surface area contributed by atoms with E-state index in [-0.39, 0.29) is 0 Å². The van der Waals surface area contributed by atoms with Crippen LogP contribution in [0.4, 0.5) is 0 Å². The molecular weight excluding hydrogens is 248 g/mol. The molecule has 0 saturated heterocycles. The molecule has 3 rings (SSSR count). The number of methoxy groups -OCH3 is 1. The summed E-state index contributed by atoms with van der Waals surface area (Å²) in [6, 6.07) is 12.3. The molecule has 2 aromatic heterocycles. The first-order valence-electron chi connectivity index (χ1n) is 6.81. The molecule has 0 N–H and O–H groups in total. The molecule has 0 aliphatic carbocycles. The maximum absolute atomic E-state index is 5.43. The molecule has 0 aliphatic rings. The topological polar surface area (TPSA) is 26.5 Å². The van der Waals surface area contributed by atoms with Gasteiger partial charge in [0, 0.05) is 18.0 Å². The van der Waals surface area contributed by atoms with E-state index in [9.17, 15) is 0 Å². The Balaban J connectivity index is 2.11. The first-order valence-corrected chi connectivity index (χ1v) is 6.81. The molecule has 102 valence electrons. The molecule has 3 nitrogen and oxygen atoms in total. The van der Waals surface area contributed by atoms with E-state index in [1.165, 1.54) is 5.56 Å². The van der Waals surface area contributed by atoms with E-state index >= 15 is 0 Å². The highest BCUT2D eigenvalue weighted by Gasteiger charge is 2.11. The van der Waals surface area contributed by atoms with Crippen molar-refractivity contribution in [3.63, 3.8) is 0 Å². The number of benzene rings is 1. The molecule has 3 heteroatoms. The Kier molecular flexibility index (Phi) is 3.18. The lowest BCUT2D eigenvalue weighted by molar-refractivity contribution is 0.407. The fraction of sp³-hybridized carbons (Fsp3) is 0.235. The highest BCUT2D eigenvalue weighted by Crippen LogP contribution is 2.31. The Labute approximate surface area is 118 Å². The van der Waals surface area contributed by atoms with Crippen LogP contribution in [-0.4, -0.2) is 16.5 Å². The average Bonchev–Trinajstić information content (AvgIpc) is 2.90. The van der Waals surface area contributed by atoms with Gasteiger partial charge in [0.15, 0.2) is 0 Å². The summed E-state index contributed by atoms with van der Waals surface area (Å²) in [4.78, 5) is 4.66. The Morgan fingerprint density at radius 2 is 2.00 bits per heavy atom. The zero-order chi connectivity index (χ0) is 14.1. The molecule has 0 spiro atoms. The van der Waals surface area contributed by atoms with Crippen molar-refractivity contribution in [3.8, 4) is 17.0 Å². The number of ether oxygens (including phenoxy) is 1. The van der Waals surface area contributed by atoms with Crippen molar-refractivity contribution < 1.29 is 4.74 Å². The molecule has 0 aliphatic heterocycles. The zero-order valence-corrected chi connectivity index (χ0v) is 12.0. The van der Waals surface area contributed by atoms with E-state index in [1.807, 2.05) is 34.9 Å². The third-order valence-electron chi connectivity index (χ3n) is 3.51. The summed E-state index contributed by atoms with van der Waals surface area (Å²) in [5.41, 5.74) is 4.28.